The lowest BCUT2D eigenvalue weighted by molar-refractivity contribution is -0.130. The van der Waals surface area contributed by atoms with E-state index in [0.717, 1.165) is 31.2 Å². The summed E-state index contributed by atoms with van der Waals surface area (Å²) in [7, 11) is 0. The van der Waals surface area contributed by atoms with Crippen LogP contribution in [0, 0.1) is 17.2 Å². The standard InChI is InChI=1S/C20H16N4O2S2/c21-10-14-13-8-4-5-9-16(13)28-18(14)22-11-15-17(25)23-20(27)24(19(15)26)12-6-2-1-3-7-12/h1-3,6-7,11,15H,4-5,8-9H2,(H,23,25,27). The molecule has 1 aromatic heterocycles. The maximum atomic E-state index is 12.9. The Morgan fingerprint density at radius 2 is 2.00 bits per heavy atom. The number of amides is 2. The Labute approximate surface area is 171 Å². The van der Waals surface area contributed by atoms with Gasteiger partial charge in [0.05, 0.1) is 11.3 Å². The molecule has 2 aromatic rings. The first kappa shape index (κ1) is 18.5. The lowest BCUT2D eigenvalue weighted by Gasteiger charge is -2.30. The summed E-state index contributed by atoms with van der Waals surface area (Å²) in [6.07, 6.45) is 5.32. The van der Waals surface area contributed by atoms with Crippen molar-refractivity contribution in [3.05, 3.63) is 46.3 Å². The number of para-hydroxylation sites is 1. The number of nitriles is 1. The highest BCUT2D eigenvalue weighted by Gasteiger charge is 2.38. The minimum absolute atomic E-state index is 0.0511. The van der Waals surface area contributed by atoms with Gasteiger partial charge in [-0.2, -0.15) is 5.26 Å². The number of benzene rings is 1. The summed E-state index contributed by atoms with van der Waals surface area (Å²) in [6.45, 7) is 0. The molecule has 28 heavy (non-hydrogen) atoms. The molecule has 2 amide bonds. The molecule has 0 saturated carbocycles. The number of carbonyl (C=O) groups is 2. The molecule has 1 atom stereocenters. The number of aryl methyl sites for hydroxylation is 1. The highest BCUT2D eigenvalue weighted by atomic mass is 32.1. The fraction of sp³-hybridized carbons (Fsp3) is 0.250. The van der Waals surface area contributed by atoms with Crippen molar-refractivity contribution in [3.8, 4) is 6.07 Å². The van der Waals surface area contributed by atoms with Crippen LogP contribution < -0.4 is 10.2 Å². The molecule has 1 fully saturated rings. The van der Waals surface area contributed by atoms with Gasteiger partial charge >= 0.3 is 0 Å². The van der Waals surface area contributed by atoms with Gasteiger partial charge in [0.15, 0.2) is 11.0 Å². The first-order valence-electron chi connectivity index (χ1n) is 8.93. The number of thiocarbonyl (C=S) groups is 1. The maximum Gasteiger partial charge on any atom is 0.251 e. The number of thiophene rings is 1. The second-order valence-corrected chi connectivity index (χ2v) is 8.03. The number of rotatable bonds is 3. The van der Waals surface area contributed by atoms with Crippen molar-refractivity contribution < 1.29 is 9.59 Å². The van der Waals surface area contributed by atoms with Crippen molar-refractivity contribution in [2.24, 2.45) is 10.9 Å². The fourth-order valence-corrected chi connectivity index (χ4v) is 4.93. The van der Waals surface area contributed by atoms with Gasteiger partial charge in [0.25, 0.3) is 5.91 Å². The van der Waals surface area contributed by atoms with Gasteiger partial charge in [-0.05, 0) is 55.6 Å². The molecule has 1 aliphatic heterocycles. The zero-order valence-corrected chi connectivity index (χ0v) is 16.5. The average Bonchev–Trinajstić information content (AvgIpc) is 3.05. The van der Waals surface area contributed by atoms with E-state index in [0.29, 0.717) is 16.3 Å². The molecule has 0 spiro atoms. The van der Waals surface area contributed by atoms with Crippen LogP contribution in [0.15, 0.2) is 35.3 Å². The number of hydrogen-bond donors (Lipinski definition) is 1. The molecule has 1 aliphatic carbocycles. The Hall–Kier alpha value is -2.89. The Balaban J connectivity index is 1.65. The topological polar surface area (TPSA) is 85.6 Å². The summed E-state index contributed by atoms with van der Waals surface area (Å²) in [5, 5.41) is 12.7. The molecule has 6 nitrogen and oxygen atoms in total. The van der Waals surface area contributed by atoms with E-state index in [1.165, 1.54) is 27.3 Å². The maximum absolute atomic E-state index is 12.9. The van der Waals surface area contributed by atoms with Crippen LogP contribution in [0.1, 0.15) is 28.8 Å². The first-order valence-corrected chi connectivity index (χ1v) is 10.2. The molecule has 2 aliphatic rings. The van der Waals surface area contributed by atoms with E-state index < -0.39 is 17.7 Å². The van der Waals surface area contributed by atoms with Crippen LogP contribution in [0.3, 0.4) is 0 Å². The van der Waals surface area contributed by atoms with Crippen LogP contribution in [-0.2, 0) is 22.4 Å². The Kier molecular flexibility index (Phi) is 5.03. The number of nitrogens with one attached hydrogen (secondary N) is 1. The SMILES string of the molecule is N#Cc1c(N=CC2C(=O)NC(=S)N(c3ccccc3)C2=O)sc2c1CCCC2. The third-order valence-electron chi connectivity index (χ3n) is 4.82. The predicted molar refractivity (Wildman–Crippen MR) is 112 cm³/mol. The van der Waals surface area contributed by atoms with E-state index in [4.69, 9.17) is 12.2 Å². The summed E-state index contributed by atoms with van der Waals surface area (Å²) in [4.78, 5) is 32.2. The molecule has 140 valence electrons. The smallest absolute Gasteiger partial charge is 0.251 e. The summed E-state index contributed by atoms with van der Waals surface area (Å²) in [5.74, 6) is -2.06. The molecule has 4 rings (SSSR count). The van der Waals surface area contributed by atoms with Gasteiger partial charge in [0, 0.05) is 11.1 Å². The molecular formula is C20H16N4O2S2. The number of hydrogen-bond acceptors (Lipinski definition) is 6. The third kappa shape index (κ3) is 3.23. The van der Waals surface area contributed by atoms with Crippen molar-refractivity contribution in [1.29, 1.82) is 5.26 Å². The Morgan fingerprint density at radius 3 is 2.75 bits per heavy atom. The van der Waals surface area contributed by atoms with Crippen LogP contribution in [0.25, 0.3) is 0 Å². The molecule has 2 heterocycles. The van der Waals surface area contributed by atoms with Crippen LogP contribution in [0.4, 0.5) is 10.7 Å². The minimum Gasteiger partial charge on any atom is -0.301 e. The third-order valence-corrected chi connectivity index (χ3v) is 6.31. The molecule has 1 unspecified atom stereocenters. The number of nitrogens with zero attached hydrogens (tertiary/aromatic N) is 3. The van der Waals surface area contributed by atoms with E-state index >= 15 is 0 Å². The van der Waals surface area contributed by atoms with E-state index in [1.807, 2.05) is 6.07 Å². The second kappa shape index (κ2) is 7.62. The monoisotopic (exact) mass is 408 g/mol. The number of carbonyl (C=O) groups excluding carboxylic acids is 2. The first-order chi connectivity index (χ1) is 13.6. The summed E-state index contributed by atoms with van der Waals surface area (Å²) < 4.78 is 0. The fourth-order valence-electron chi connectivity index (χ4n) is 3.44. The highest BCUT2D eigenvalue weighted by Crippen LogP contribution is 2.39. The van der Waals surface area contributed by atoms with Gasteiger partial charge in [0.1, 0.15) is 11.1 Å². The molecule has 1 N–H and O–H groups in total. The quantitative estimate of drug-likeness (QED) is 0.480. The Morgan fingerprint density at radius 1 is 1.25 bits per heavy atom. The van der Waals surface area contributed by atoms with Crippen molar-refractivity contribution in [2.45, 2.75) is 25.7 Å². The largest absolute Gasteiger partial charge is 0.301 e. The van der Waals surface area contributed by atoms with Crippen LogP contribution >= 0.6 is 23.6 Å². The van der Waals surface area contributed by atoms with Crippen LogP contribution in [0.5, 0.6) is 0 Å². The van der Waals surface area contributed by atoms with Crippen LogP contribution in [-0.4, -0.2) is 23.1 Å². The van der Waals surface area contributed by atoms with E-state index in [2.05, 4.69) is 16.4 Å². The van der Waals surface area contributed by atoms with Gasteiger partial charge in [-0.15, -0.1) is 11.3 Å². The molecule has 1 aromatic carbocycles. The normalized spacial score (nSPS) is 19.5. The zero-order chi connectivity index (χ0) is 19.7. The van der Waals surface area contributed by atoms with Crippen LogP contribution in [0.2, 0.25) is 0 Å². The minimum atomic E-state index is -1.10. The number of aliphatic imine (C=N–C) groups is 1. The van der Waals surface area contributed by atoms with Gasteiger partial charge < -0.3 is 5.32 Å². The lowest BCUT2D eigenvalue weighted by atomic mass is 9.96. The molecule has 8 heteroatoms. The molecule has 0 bridgehead atoms. The second-order valence-electron chi connectivity index (χ2n) is 6.56. The number of fused-ring (bicyclic) bond motifs is 1. The van der Waals surface area contributed by atoms with Crippen molar-refractivity contribution >= 4 is 57.4 Å². The lowest BCUT2D eigenvalue weighted by Crippen LogP contribution is -2.58. The number of anilines is 1. The highest BCUT2D eigenvalue weighted by molar-refractivity contribution is 7.80. The van der Waals surface area contributed by atoms with Gasteiger partial charge in [-0.25, -0.2) is 4.99 Å². The molecule has 0 radical (unpaired) electrons. The van der Waals surface area contributed by atoms with E-state index in [9.17, 15) is 14.9 Å². The predicted octanol–water partition coefficient (Wildman–Crippen LogP) is 3.26. The molecular weight excluding hydrogens is 392 g/mol. The van der Waals surface area contributed by atoms with E-state index in [1.54, 1.807) is 24.3 Å². The summed E-state index contributed by atoms with van der Waals surface area (Å²) in [6, 6.07) is 11.1. The molecule has 1 saturated heterocycles. The Bertz CT molecular complexity index is 1040. The van der Waals surface area contributed by atoms with Gasteiger partial charge in [0.2, 0.25) is 5.91 Å². The zero-order valence-electron chi connectivity index (χ0n) is 14.8. The van der Waals surface area contributed by atoms with Crippen molar-refractivity contribution in [2.75, 3.05) is 4.90 Å². The summed E-state index contributed by atoms with van der Waals surface area (Å²) >= 11 is 6.65. The van der Waals surface area contributed by atoms with Gasteiger partial charge in [-0.3, -0.25) is 14.5 Å². The van der Waals surface area contributed by atoms with E-state index in [-0.39, 0.29) is 5.11 Å². The van der Waals surface area contributed by atoms with Crippen molar-refractivity contribution in [1.82, 2.24) is 5.32 Å². The summed E-state index contributed by atoms with van der Waals surface area (Å²) in [5.41, 5.74) is 2.22. The van der Waals surface area contributed by atoms with Crippen molar-refractivity contribution in [3.63, 3.8) is 0 Å². The van der Waals surface area contributed by atoms with Gasteiger partial charge in [-0.1, -0.05) is 18.2 Å². The average molecular weight is 409 g/mol.